The van der Waals surface area contributed by atoms with Crippen LogP contribution >= 0.6 is 0 Å². The second-order valence-electron chi connectivity index (χ2n) is 17.8. The van der Waals surface area contributed by atoms with Crippen molar-refractivity contribution in [3.05, 3.63) is 167 Å². The minimum absolute atomic E-state index is 0.280. The zero-order chi connectivity index (χ0) is 47.8. The number of unbranched alkanes of at least 4 members (excludes halogenated alkanes) is 16. The summed E-state index contributed by atoms with van der Waals surface area (Å²) in [4.78, 5) is 51.9. The van der Waals surface area contributed by atoms with E-state index in [0.29, 0.717) is 39.5 Å². The van der Waals surface area contributed by atoms with E-state index in [-0.39, 0.29) is 11.1 Å². The fraction of sp³-hybridized carbons (Fsp3) is 0.367. The summed E-state index contributed by atoms with van der Waals surface area (Å²) >= 11 is 0. The van der Waals surface area contributed by atoms with Crippen molar-refractivity contribution < 1.29 is 38.1 Å². The Morgan fingerprint density at radius 3 is 0.882 bits per heavy atom. The van der Waals surface area contributed by atoms with Crippen LogP contribution in [0.3, 0.4) is 0 Å². The highest BCUT2D eigenvalue weighted by Crippen LogP contribution is 2.27. The van der Waals surface area contributed by atoms with Gasteiger partial charge >= 0.3 is 23.9 Å². The molecule has 0 heterocycles. The number of hydrogen-bond acceptors (Lipinski definition) is 8. The largest absolute Gasteiger partial charge is 0.423 e. The maximum absolute atomic E-state index is 13.1. The zero-order valence-corrected chi connectivity index (χ0v) is 40.1. The Bertz CT molecular complexity index is 2320. The van der Waals surface area contributed by atoms with Gasteiger partial charge in [-0.15, -0.1) is 0 Å². The molecule has 0 aromatic heterocycles. The average molecular weight is 917 g/mol. The molecule has 0 spiro atoms. The van der Waals surface area contributed by atoms with Crippen LogP contribution in [0.25, 0.3) is 10.8 Å². The lowest BCUT2D eigenvalue weighted by atomic mass is 10.0. The van der Waals surface area contributed by atoms with Crippen molar-refractivity contribution in [2.24, 2.45) is 0 Å². The predicted molar refractivity (Wildman–Crippen MR) is 271 cm³/mol. The summed E-state index contributed by atoms with van der Waals surface area (Å²) in [7, 11) is 0. The third kappa shape index (κ3) is 17.0. The molecule has 0 atom stereocenters. The number of benzene rings is 6. The highest BCUT2D eigenvalue weighted by atomic mass is 16.5. The van der Waals surface area contributed by atoms with Gasteiger partial charge < -0.3 is 18.9 Å². The van der Waals surface area contributed by atoms with E-state index in [1.165, 1.54) is 114 Å². The summed E-state index contributed by atoms with van der Waals surface area (Å²) in [6.45, 7) is 4.49. The van der Waals surface area contributed by atoms with Crippen LogP contribution < -0.4 is 18.9 Å². The first-order chi connectivity index (χ1) is 33.3. The number of carbonyl (C=O) groups is 4. The summed E-state index contributed by atoms with van der Waals surface area (Å²) in [6.07, 6.45) is 25.2. The highest BCUT2D eigenvalue weighted by molar-refractivity contribution is 5.95. The number of fused-ring (bicyclic) bond motifs is 1. The standard InChI is InChI=1S/C60H68O8/c1-3-5-7-9-11-13-15-17-19-21-45-23-27-48(28-24-45)57(61)65-53-37-33-50(34-38-53)59(63)67-55-41-31-47-32-42-56(44-52(47)43-55)68-60(64)51-35-39-54(40-36-51)66-58(62)49-29-25-46(26-30-49)22-20-18-16-14-12-10-8-6-4-2/h23-44H,3-22H2,1-2H3. The van der Waals surface area contributed by atoms with E-state index in [9.17, 15) is 19.2 Å². The topological polar surface area (TPSA) is 105 Å². The molecule has 0 aliphatic carbocycles. The molecule has 6 aromatic carbocycles. The molecule has 68 heavy (non-hydrogen) atoms. The van der Waals surface area contributed by atoms with Gasteiger partial charge in [-0.1, -0.05) is 153 Å². The van der Waals surface area contributed by atoms with Gasteiger partial charge in [0.1, 0.15) is 23.0 Å². The molecule has 0 N–H and O–H groups in total. The molecule has 6 aromatic rings. The molecule has 0 saturated carbocycles. The number of carbonyl (C=O) groups excluding carboxylic acids is 4. The van der Waals surface area contributed by atoms with E-state index in [2.05, 4.69) is 13.8 Å². The lowest BCUT2D eigenvalue weighted by Gasteiger charge is -2.09. The molecular formula is C60H68O8. The minimum Gasteiger partial charge on any atom is -0.423 e. The third-order valence-corrected chi connectivity index (χ3v) is 12.3. The fourth-order valence-electron chi connectivity index (χ4n) is 8.21. The number of esters is 4. The Morgan fingerprint density at radius 2 is 0.559 bits per heavy atom. The van der Waals surface area contributed by atoms with E-state index in [4.69, 9.17) is 18.9 Å². The lowest BCUT2D eigenvalue weighted by molar-refractivity contribution is 0.0720. The van der Waals surface area contributed by atoms with Gasteiger partial charge in [0.15, 0.2) is 0 Å². The first-order valence-electron chi connectivity index (χ1n) is 25.1. The van der Waals surface area contributed by atoms with Crippen LogP contribution in [-0.2, 0) is 12.8 Å². The van der Waals surface area contributed by atoms with Crippen molar-refractivity contribution in [3.8, 4) is 23.0 Å². The van der Waals surface area contributed by atoms with Crippen molar-refractivity contribution in [2.75, 3.05) is 0 Å². The SMILES string of the molecule is CCCCCCCCCCCc1ccc(C(=O)Oc2ccc(C(=O)Oc3ccc4ccc(OC(=O)c5ccc(OC(=O)c6ccc(CCCCCCCCCCC)cc6)cc5)cc4c3)cc2)cc1. The summed E-state index contributed by atoms with van der Waals surface area (Å²) < 4.78 is 22.5. The van der Waals surface area contributed by atoms with Crippen molar-refractivity contribution in [1.82, 2.24) is 0 Å². The zero-order valence-electron chi connectivity index (χ0n) is 40.1. The van der Waals surface area contributed by atoms with E-state index in [1.807, 2.05) is 36.4 Å². The summed E-state index contributed by atoms with van der Waals surface area (Å²) in [5.74, 6) is -0.874. The van der Waals surface area contributed by atoms with Gasteiger partial charge in [0, 0.05) is 0 Å². The quantitative estimate of drug-likeness (QED) is 0.0272. The molecule has 0 radical (unpaired) electrons. The Labute approximate surface area is 403 Å². The van der Waals surface area contributed by atoms with Crippen LogP contribution in [0, 0.1) is 0 Å². The number of hydrogen-bond donors (Lipinski definition) is 0. The van der Waals surface area contributed by atoms with Crippen molar-refractivity contribution >= 4 is 34.6 Å². The smallest absolute Gasteiger partial charge is 0.343 e. The number of rotatable bonds is 28. The maximum Gasteiger partial charge on any atom is 0.343 e. The highest BCUT2D eigenvalue weighted by Gasteiger charge is 2.15. The van der Waals surface area contributed by atoms with Gasteiger partial charge in [-0.05, 0) is 145 Å². The van der Waals surface area contributed by atoms with Gasteiger partial charge in [-0.3, -0.25) is 0 Å². The van der Waals surface area contributed by atoms with E-state index >= 15 is 0 Å². The second-order valence-corrected chi connectivity index (χ2v) is 17.8. The minimum atomic E-state index is -0.584. The Hall–Kier alpha value is -6.54. The van der Waals surface area contributed by atoms with Crippen LogP contribution in [0.15, 0.2) is 133 Å². The lowest BCUT2D eigenvalue weighted by Crippen LogP contribution is -2.10. The first-order valence-corrected chi connectivity index (χ1v) is 25.1. The van der Waals surface area contributed by atoms with Gasteiger partial charge in [0.2, 0.25) is 0 Å². The Kier molecular flexibility index (Phi) is 20.9. The van der Waals surface area contributed by atoms with Crippen LogP contribution in [-0.4, -0.2) is 23.9 Å². The first kappa shape index (κ1) is 50.9. The van der Waals surface area contributed by atoms with E-state index < -0.39 is 23.9 Å². The van der Waals surface area contributed by atoms with Crippen LogP contribution in [0.2, 0.25) is 0 Å². The van der Waals surface area contributed by atoms with Crippen molar-refractivity contribution in [3.63, 3.8) is 0 Å². The Balaban J connectivity index is 0.916. The van der Waals surface area contributed by atoms with Gasteiger partial charge in [0.25, 0.3) is 0 Å². The van der Waals surface area contributed by atoms with Crippen LogP contribution in [0.4, 0.5) is 0 Å². The molecule has 0 bridgehead atoms. The number of ether oxygens (including phenoxy) is 4. The molecule has 0 aliphatic rings. The molecular weight excluding hydrogens is 849 g/mol. The molecule has 6 rings (SSSR count). The third-order valence-electron chi connectivity index (χ3n) is 12.3. The fourth-order valence-corrected chi connectivity index (χ4v) is 8.21. The number of aryl methyl sites for hydroxylation is 2. The van der Waals surface area contributed by atoms with E-state index in [1.54, 1.807) is 97.1 Å². The maximum atomic E-state index is 13.1. The molecule has 8 nitrogen and oxygen atoms in total. The molecule has 0 amide bonds. The van der Waals surface area contributed by atoms with E-state index in [0.717, 1.165) is 31.1 Å². The predicted octanol–water partition coefficient (Wildman–Crippen LogP) is 15.9. The molecule has 0 fully saturated rings. The Morgan fingerprint density at radius 1 is 0.294 bits per heavy atom. The monoisotopic (exact) mass is 916 g/mol. The van der Waals surface area contributed by atoms with Crippen LogP contribution in [0.1, 0.15) is 182 Å². The van der Waals surface area contributed by atoms with Crippen molar-refractivity contribution in [1.29, 1.82) is 0 Å². The summed E-state index contributed by atoms with van der Waals surface area (Å²) in [5.41, 5.74) is 3.90. The molecule has 356 valence electrons. The summed E-state index contributed by atoms with van der Waals surface area (Å²) in [5, 5.41) is 1.54. The summed E-state index contributed by atoms with van der Waals surface area (Å²) in [6, 6.07) is 38.0. The van der Waals surface area contributed by atoms with Gasteiger partial charge in [0.05, 0.1) is 22.3 Å². The molecule has 0 saturated heterocycles. The molecule has 0 aliphatic heterocycles. The van der Waals surface area contributed by atoms with Gasteiger partial charge in [-0.25, -0.2) is 19.2 Å². The van der Waals surface area contributed by atoms with Gasteiger partial charge in [-0.2, -0.15) is 0 Å². The normalized spacial score (nSPS) is 11.0. The second kappa shape index (κ2) is 27.9. The van der Waals surface area contributed by atoms with Crippen molar-refractivity contribution in [2.45, 2.75) is 142 Å². The van der Waals surface area contributed by atoms with Crippen LogP contribution in [0.5, 0.6) is 23.0 Å². The molecule has 0 unspecified atom stereocenters. The average Bonchev–Trinajstić information content (AvgIpc) is 3.36. The molecule has 8 heteroatoms.